The molecule has 0 spiro atoms. The Morgan fingerprint density at radius 3 is 2.75 bits per heavy atom. The average Bonchev–Trinajstić information content (AvgIpc) is 2.92. The fraction of sp³-hybridized carbons (Fsp3) is 0.500. The second-order valence-electron chi connectivity index (χ2n) is 6.74. The van der Waals surface area contributed by atoms with E-state index in [4.69, 9.17) is 5.73 Å². The van der Waals surface area contributed by atoms with E-state index in [0.29, 0.717) is 11.3 Å². The molecule has 0 bridgehead atoms. The maximum Gasteiger partial charge on any atom is 0.251 e. The molecule has 0 aliphatic rings. The number of nitrogens with zero attached hydrogens (tertiary/aromatic N) is 5. The fourth-order valence-corrected chi connectivity index (χ4v) is 2.44. The number of hydrogen-bond acceptors (Lipinski definition) is 6. The first-order chi connectivity index (χ1) is 11.3. The van der Waals surface area contributed by atoms with Gasteiger partial charge in [-0.05, 0) is 76.0 Å². The number of amides is 1. The molecule has 1 aromatic heterocycles. The van der Waals surface area contributed by atoms with Crippen molar-refractivity contribution in [3.05, 3.63) is 29.8 Å². The second-order valence-corrected chi connectivity index (χ2v) is 6.74. The molecule has 8 heteroatoms. The van der Waals surface area contributed by atoms with E-state index in [1.165, 1.54) is 4.68 Å². The summed E-state index contributed by atoms with van der Waals surface area (Å²) in [4.78, 5) is 14.7. The van der Waals surface area contributed by atoms with Gasteiger partial charge in [0.2, 0.25) is 5.95 Å². The second kappa shape index (κ2) is 7.39. The molecule has 0 fully saturated rings. The molecule has 0 aliphatic carbocycles. The molecule has 2 aromatic rings. The Morgan fingerprint density at radius 2 is 2.12 bits per heavy atom. The molecule has 24 heavy (non-hydrogen) atoms. The maximum atomic E-state index is 12.6. The molecule has 1 aromatic carbocycles. The lowest BCUT2D eigenvalue weighted by atomic mass is 9.97. The Hall–Kier alpha value is -2.48. The summed E-state index contributed by atoms with van der Waals surface area (Å²) in [5.41, 5.74) is 6.61. The van der Waals surface area contributed by atoms with Crippen LogP contribution in [0.2, 0.25) is 0 Å². The van der Waals surface area contributed by atoms with Crippen LogP contribution in [0.25, 0.3) is 5.69 Å². The van der Waals surface area contributed by atoms with Gasteiger partial charge in [-0.3, -0.25) is 4.79 Å². The van der Waals surface area contributed by atoms with Gasteiger partial charge in [-0.1, -0.05) is 11.2 Å². The van der Waals surface area contributed by atoms with Gasteiger partial charge in [0.25, 0.3) is 5.91 Å². The zero-order chi connectivity index (χ0) is 17.7. The molecule has 0 saturated carbocycles. The van der Waals surface area contributed by atoms with Crippen molar-refractivity contribution in [3.63, 3.8) is 0 Å². The summed E-state index contributed by atoms with van der Waals surface area (Å²) in [6.45, 7) is 5.06. The molecule has 0 unspecified atom stereocenters. The lowest BCUT2D eigenvalue weighted by molar-refractivity contribution is 0.0907. The summed E-state index contributed by atoms with van der Waals surface area (Å²) in [6.07, 6.45) is 1.91. The highest BCUT2D eigenvalue weighted by Gasteiger charge is 2.21. The lowest BCUT2D eigenvalue weighted by Crippen LogP contribution is -2.43. The normalized spacial score (nSPS) is 11.7. The maximum absolute atomic E-state index is 12.6. The van der Waals surface area contributed by atoms with Crippen molar-refractivity contribution in [2.45, 2.75) is 32.2 Å². The van der Waals surface area contributed by atoms with Crippen LogP contribution in [0.15, 0.2) is 24.3 Å². The van der Waals surface area contributed by atoms with Crippen LogP contribution >= 0.6 is 0 Å². The van der Waals surface area contributed by atoms with Gasteiger partial charge in [-0.15, -0.1) is 0 Å². The van der Waals surface area contributed by atoms with Gasteiger partial charge in [0.15, 0.2) is 0 Å². The quantitative estimate of drug-likeness (QED) is 0.787. The van der Waals surface area contributed by atoms with E-state index in [2.05, 4.69) is 25.7 Å². The van der Waals surface area contributed by atoms with Gasteiger partial charge in [0.05, 0.1) is 5.69 Å². The summed E-state index contributed by atoms with van der Waals surface area (Å²) < 4.78 is 1.39. The number of rotatable bonds is 7. The molecular formula is C16H25N7O. The summed E-state index contributed by atoms with van der Waals surface area (Å²) in [6, 6.07) is 7.06. The molecule has 3 N–H and O–H groups in total. The van der Waals surface area contributed by atoms with Crippen LogP contribution in [0.4, 0.5) is 5.95 Å². The number of nitrogen functional groups attached to an aromatic ring is 1. The van der Waals surface area contributed by atoms with Gasteiger partial charge >= 0.3 is 0 Å². The van der Waals surface area contributed by atoms with Crippen molar-refractivity contribution in [2.24, 2.45) is 0 Å². The summed E-state index contributed by atoms with van der Waals surface area (Å²) in [7, 11) is 4.09. The minimum Gasteiger partial charge on any atom is -0.366 e. The molecule has 1 amide bonds. The Bertz CT molecular complexity index is 693. The van der Waals surface area contributed by atoms with Gasteiger partial charge in [0.1, 0.15) is 0 Å². The van der Waals surface area contributed by atoms with E-state index in [1.54, 1.807) is 24.3 Å². The number of nitrogens with one attached hydrogen (secondary N) is 1. The molecular weight excluding hydrogens is 306 g/mol. The highest BCUT2D eigenvalue weighted by atomic mass is 16.1. The van der Waals surface area contributed by atoms with Crippen LogP contribution in [0.3, 0.4) is 0 Å². The number of benzene rings is 1. The Labute approximate surface area is 142 Å². The highest BCUT2D eigenvalue weighted by molar-refractivity contribution is 5.95. The van der Waals surface area contributed by atoms with Crippen LogP contribution in [0.5, 0.6) is 0 Å². The largest absolute Gasteiger partial charge is 0.366 e. The van der Waals surface area contributed by atoms with Crippen molar-refractivity contribution in [3.8, 4) is 5.69 Å². The minimum absolute atomic E-state index is 0.127. The van der Waals surface area contributed by atoms with Crippen LogP contribution in [0.1, 0.15) is 37.0 Å². The predicted molar refractivity (Wildman–Crippen MR) is 92.9 cm³/mol. The predicted octanol–water partition coefficient (Wildman–Crippen LogP) is 1.09. The first-order valence-corrected chi connectivity index (χ1v) is 7.90. The van der Waals surface area contributed by atoms with Crippen LogP contribution in [0, 0.1) is 0 Å². The summed E-state index contributed by atoms with van der Waals surface area (Å²) >= 11 is 0. The smallest absolute Gasteiger partial charge is 0.251 e. The van der Waals surface area contributed by atoms with Gasteiger partial charge in [-0.25, -0.2) is 0 Å². The van der Waals surface area contributed by atoms with Crippen molar-refractivity contribution < 1.29 is 4.79 Å². The number of tetrazole rings is 1. The average molecular weight is 331 g/mol. The number of aromatic nitrogens is 4. The zero-order valence-corrected chi connectivity index (χ0v) is 14.7. The monoisotopic (exact) mass is 331 g/mol. The van der Waals surface area contributed by atoms with E-state index in [9.17, 15) is 4.79 Å². The van der Waals surface area contributed by atoms with Crippen LogP contribution in [-0.2, 0) is 0 Å². The Morgan fingerprint density at radius 1 is 1.38 bits per heavy atom. The van der Waals surface area contributed by atoms with Crippen molar-refractivity contribution in [1.82, 2.24) is 30.4 Å². The third kappa shape index (κ3) is 4.76. The van der Waals surface area contributed by atoms with Crippen LogP contribution in [-0.4, -0.2) is 57.2 Å². The first kappa shape index (κ1) is 17.9. The first-order valence-electron chi connectivity index (χ1n) is 7.90. The molecule has 0 aliphatic heterocycles. The van der Waals surface area contributed by atoms with Crippen molar-refractivity contribution in [2.75, 3.05) is 26.4 Å². The summed E-state index contributed by atoms with van der Waals surface area (Å²) in [5.74, 6) is 0.0509. The highest BCUT2D eigenvalue weighted by Crippen LogP contribution is 2.15. The van der Waals surface area contributed by atoms with Gasteiger partial charge < -0.3 is 16.0 Å². The summed E-state index contributed by atoms with van der Waals surface area (Å²) in [5, 5.41) is 14.1. The van der Waals surface area contributed by atoms with Gasteiger partial charge in [0, 0.05) is 11.1 Å². The Kier molecular flexibility index (Phi) is 5.50. The van der Waals surface area contributed by atoms with E-state index < -0.39 is 0 Å². The number of hydrogen-bond donors (Lipinski definition) is 2. The topological polar surface area (TPSA) is 102 Å². The minimum atomic E-state index is -0.281. The number of nitrogens with two attached hydrogens (primary N) is 1. The third-order valence-corrected chi connectivity index (χ3v) is 3.71. The zero-order valence-electron chi connectivity index (χ0n) is 14.7. The third-order valence-electron chi connectivity index (χ3n) is 3.71. The van der Waals surface area contributed by atoms with E-state index in [-0.39, 0.29) is 17.4 Å². The molecule has 2 rings (SSSR count). The molecule has 1 heterocycles. The SMILES string of the molecule is CN(C)CCCC(C)(C)NC(=O)c1cccc(-n2nnnc2N)c1. The van der Waals surface area contributed by atoms with Crippen molar-refractivity contribution >= 4 is 11.9 Å². The van der Waals surface area contributed by atoms with E-state index in [0.717, 1.165) is 19.4 Å². The lowest BCUT2D eigenvalue weighted by Gasteiger charge is -2.27. The molecule has 0 atom stereocenters. The number of carbonyl (C=O) groups is 1. The number of carbonyl (C=O) groups excluding carboxylic acids is 1. The number of anilines is 1. The molecule has 130 valence electrons. The fourth-order valence-electron chi connectivity index (χ4n) is 2.44. The molecule has 0 saturated heterocycles. The molecule has 0 radical (unpaired) electrons. The Balaban J connectivity index is 2.06. The van der Waals surface area contributed by atoms with Crippen LogP contribution < -0.4 is 11.1 Å². The van der Waals surface area contributed by atoms with Gasteiger partial charge in [-0.2, -0.15) is 4.68 Å². The standard InChI is InChI=1S/C16H25N7O/c1-16(2,9-6-10-22(3)4)18-14(24)12-7-5-8-13(11-12)23-15(17)19-20-21-23/h5,7-8,11H,6,9-10H2,1-4H3,(H,18,24)(H2,17,19,21). The van der Waals surface area contributed by atoms with E-state index >= 15 is 0 Å². The van der Waals surface area contributed by atoms with Crippen molar-refractivity contribution in [1.29, 1.82) is 0 Å². The molecule has 8 nitrogen and oxygen atoms in total. The van der Waals surface area contributed by atoms with E-state index in [1.807, 2.05) is 27.9 Å².